The first-order valence-electron chi connectivity index (χ1n) is 8.56. The van der Waals surface area contributed by atoms with Crippen molar-refractivity contribution in [3.05, 3.63) is 54.4 Å². The number of hydrogen-bond acceptors (Lipinski definition) is 3. The summed E-state index contributed by atoms with van der Waals surface area (Å²) in [6.07, 6.45) is -4.57. The van der Waals surface area contributed by atoms with Gasteiger partial charge in [0.2, 0.25) is 5.82 Å². The number of aromatic nitrogens is 2. The zero-order chi connectivity index (χ0) is 19.4. The summed E-state index contributed by atoms with van der Waals surface area (Å²) in [5.74, 6) is 0.269. The zero-order valence-corrected chi connectivity index (χ0v) is 14.9. The summed E-state index contributed by atoms with van der Waals surface area (Å²) in [6.45, 7) is 4.75. The smallest absolute Gasteiger partial charge is 0.449 e. The number of aromatic amines is 1. The van der Waals surface area contributed by atoms with Crippen molar-refractivity contribution in [1.82, 2.24) is 9.97 Å². The predicted octanol–water partition coefficient (Wildman–Crippen LogP) is 5.56. The molecule has 0 aliphatic rings. The van der Waals surface area contributed by atoms with Gasteiger partial charge in [0, 0.05) is 11.1 Å². The van der Waals surface area contributed by atoms with Gasteiger partial charge in [-0.25, -0.2) is 4.98 Å². The third kappa shape index (κ3) is 4.24. The number of halogens is 3. The minimum Gasteiger partial charge on any atom is -0.494 e. The molecular formula is C20H19F3N2O2. The molecule has 1 aromatic heterocycles. The van der Waals surface area contributed by atoms with Gasteiger partial charge in [-0.1, -0.05) is 0 Å². The van der Waals surface area contributed by atoms with Crippen LogP contribution in [-0.4, -0.2) is 23.2 Å². The summed E-state index contributed by atoms with van der Waals surface area (Å²) in [4.78, 5) is 6.23. The second kappa shape index (κ2) is 7.73. The lowest BCUT2D eigenvalue weighted by Crippen LogP contribution is -2.07. The highest BCUT2D eigenvalue weighted by Crippen LogP contribution is 2.36. The Kier molecular flexibility index (Phi) is 5.39. The molecule has 1 heterocycles. The lowest BCUT2D eigenvalue weighted by Gasteiger charge is -2.07. The van der Waals surface area contributed by atoms with Gasteiger partial charge in [0.1, 0.15) is 11.5 Å². The average molecular weight is 376 g/mol. The molecule has 142 valence electrons. The van der Waals surface area contributed by atoms with Crippen molar-refractivity contribution >= 4 is 0 Å². The average Bonchev–Trinajstić information content (AvgIpc) is 3.09. The van der Waals surface area contributed by atoms with E-state index in [4.69, 9.17) is 9.47 Å². The molecule has 0 saturated heterocycles. The summed E-state index contributed by atoms with van der Waals surface area (Å²) in [5.41, 5.74) is 1.68. The fourth-order valence-electron chi connectivity index (χ4n) is 2.69. The van der Waals surface area contributed by atoms with Gasteiger partial charge >= 0.3 is 6.18 Å². The van der Waals surface area contributed by atoms with Crippen LogP contribution in [0.15, 0.2) is 48.5 Å². The number of rotatable bonds is 6. The van der Waals surface area contributed by atoms with E-state index in [0.29, 0.717) is 41.5 Å². The van der Waals surface area contributed by atoms with Crippen LogP contribution in [0.4, 0.5) is 13.2 Å². The highest BCUT2D eigenvalue weighted by Gasteiger charge is 2.36. The maximum Gasteiger partial charge on any atom is 0.449 e. The molecule has 3 aromatic rings. The molecule has 0 aliphatic carbocycles. The molecule has 0 bridgehead atoms. The van der Waals surface area contributed by atoms with Gasteiger partial charge in [0.15, 0.2) is 0 Å². The molecule has 0 amide bonds. The molecule has 0 atom stereocenters. The van der Waals surface area contributed by atoms with Crippen LogP contribution in [0, 0.1) is 0 Å². The second-order valence-corrected chi connectivity index (χ2v) is 5.72. The highest BCUT2D eigenvalue weighted by molar-refractivity contribution is 5.79. The van der Waals surface area contributed by atoms with E-state index in [1.165, 1.54) is 0 Å². The molecule has 0 spiro atoms. The first-order chi connectivity index (χ1) is 12.9. The van der Waals surface area contributed by atoms with Crippen molar-refractivity contribution in [2.75, 3.05) is 13.2 Å². The van der Waals surface area contributed by atoms with Crippen LogP contribution in [0.3, 0.4) is 0 Å². The van der Waals surface area contributed by atoms with Crippen LogP contribution < -0.4 is 9.47 Å². The fourth-order valence-corrected chi connectivity index (χ4v) is 2.69. The van der Waals surface area contributed by atoms with Crippen molar-refractivity contribution in [3.8, 4) is 34.0 Å². The normalized spacial score (nSPS) is 11.4. The third-order valence-electron chi connectivity index (χ3n) is 3.87. The van der Waals surface area contributed by atoms with E-state index in [1.54, 1.807) is 48.5 Å². The molecule has 0 saturated carbocycles. The monoisotopic (exact) mass is 376 g/mol. The van der Waals surface area contributed by atoms with Crippen LogP contribution in [0.2, 0.25) is 0 Å². The Morgan fingerprint density at radius 1 is 0.815 bits per heavy atom. The number of H-pyrrole nitrogens is 1. The number of nitrogens with zero attached hydrogens (tertiary/aromatic N) is 1. The van der Waals surface area contributed by atoms with Gasteiger partial charge in [0.25, 0.3) is 0 Å². The Morgan fingerprint density at radius 2 is 1.30 bits per heavy atom. The molecular weight excluding hydrogens is 357 g/mol. The Morgan fingerprint density at radius 3 is 1.74 bits per heavy atom. The SMILES string of the molecule is CCOc1ccc(-c2nc(C(F)(F)F)[nH]c2-c2ccc(OCC)cc2)cc1. The molecule has 27 heavy (non-hydrogen) atoms. The van der Waals surface area contributed by atoms with E-state index in [9.17, 15) is 13.2 Å². The maximum absolute atomic E-state index is 13.2. The lowest BCUT2D eigenvalue weighted by atomic mass is 10.0. The highest BCUT2D eigenvalue weighted by atomic mass is 19.4. The second-order valence-electron chi connectivity index (χ2n) is 5.72. The summed E-state index contributed by atoms with van der Waals surface area (Å²) < 4.78 is 50.4. The van der Waals surface area contributed by atoms with Crippen molar-refractivity contribution in [2.45, 2.75) is 20.0 Å². The van der Waals surface area contributed by atoms with Crippen LogP contribution in [0.25, 0.3) is 22.5 Å². The summed E-state index contributed by atoms with van der Waals surface area (Å²) in [7, 11) is 0. The van der Waals surface area contributed by atoms with E-state index in [0.717, 1.165) is 0 Å². The minimum atomic E-state index is -4.57. The van der Waals surface area contributed by atoms with Gasteiger partial charge in [0.05, 0.1) is 24.6 Å². The van der Waals surface area contributed by atoms with Crippen molar-refractivity contribution in [2.24, 2.45) is 0 Å². The molecule has 1 N–H and O–H groups in total. The van der Waals surface area contributed by atoms with E-state index in [1.807, 2.05) is 13.8 Å². The number of imidazole rings is 1. The van der Waals surface area contributed by atoms with E-state index < -0.39 is 12.0 Å². The van der Waals surface area contributed by atoms with Gasteiger partial charge in [-0.3, -0.25) is 0 Å². The Hall–Kier alpha value is -2.96. The van der Waals surface area contributed by atoms with Crippen LogP contribution in [-0.2, 0) is 6.18 Å². The molecule has 0 unspecified atom stereocenters. The molecule has 7 heteroatoms. The number of nitrogens with one attached hydrogen (secondary N) is 1. The van der Waals surface area contributed by atoms with Crippen molar-refractivity contribution in [1.29, 1.82) is 0 Å². The van der Waals surface area contributed by atoms with Crippen LogP contribution >= 0.6 is 0 Å². The fraction of sp³-hybridized carbons (Fsp3) is 0.250. The molecule has 0 aliphatic heterocycles. The largest absolute Gasteiger partial charge is 0.494 e. The van der Waals surface area contributed by atoms with E-state index in [-0.39, 0.29) is 5.69 Å². The predicted molar refractivity (Wildman–Crippen MR) is 96.8 cm³/mol. The minimum absolute atomic E-state index is 0.231. The van der Waals surface area contributed by atoms with E-state index >= 15 is 0 Å². The Labute approximate surface area is 155 Å². The lowest BCUT2D eigenvalue weighted by molar-refractivity contribution is -0.144. The zero-order valence-electron chi connectivity index (χ0n) is 14.9. The molecule has 3 rings (SSSR count). The number of hydrogen-bond donors (Lipinski definition) is 1. The third-order valence-corrected chi connectivity index (χ3v) is 3.87. The van der Waals surface area contributed by atoms with Gasteiger partial charge < -0.3 is 14.5 Å². The molecule has 0 fully saturated rings. The number of ether oxygens (including phenoxy) is 2. The van der Waals surface area contributed by atoms with Crippen LogP contribution in [0.1, 0.15) is 19.7 Å². The molecule has 0 radical (unpaired) electrons. The van der Waals surface area contributed by atoms with Crippen LogP contribution in [0.5, 0.6) is 11.5 Å². The Balaban J connectivity index is 2.05. The maximum atomic E-state index is 13.2. The van der Waals surface area contributed by atoms with Gasteiger partial charge in [-0.15, -0.1) is 0 Å². The molecule has 4 nitrogen and oxygen atoms in total. The Bertz CT molecular complexity index is 818. The number of benzene rings is 2. The van der Waals surface area contributed by atoms with Crippen molar-refractivity contribution < 1.29 is 22.6 Å². The summed E-state index contributed by atoms with van der Waals surface area (Å²) in [6, 6.07) is 13.7. The quantitative estimate of drug-likeness (QED) is 0.613. The first-order valence-corrected chi connectivity index (χ1v) is 8.56. The number of alkyl halides is 3. The topological polar surface area (TPSA) is 47.1 Å². The van der Waals surface area contributed by atoms with Gasteiger partial charge in [-0.05, 0) is 62.4 Å². The molecule has 2 aromatic carbocycles. The summed E-state index contributed by atoms with van der Waals surface area (Å²) >= 11 is 0. The van der Waals surface area contributed by atoms with E-state index in [2.05, 4.69) is 9.97 Å². The summed E-state index contributed by atoms with van der Waals surface area (Å²) in [5, 5.41) is 0. The van der Waals surface area contributed by atoms with Crippen molar-refractivity contribution in [3.63, 3.8) is 0 Å². The van der Waals surface area contributed by atoms with Gasteiger partial charge in [-0.2, -0.15) is 13.2 Å². The first kappa shape index (κ1) is 18.8. The standard InChI is InChI=1S/C20H19F3N2O2/c1-3-26-15-9-5-13(6-10-15)17-18(25-19(24-17)20(21,22)23)14-7-11-16(12-8-14)27-4-2/h5-12H,3-4H2,1-2H3,(H,24,25).